The molecule has 0 saturated carbocycles. The van der Waals surface area contributed by atoms with Crippen LogP contribution >= 0.6 is 11.8 Å². The fourth-order valence-corrected chi connectivity index (χ4v) is 3.80. The number of methoxy groups -OCH3 is 1. The fourth-order valence-electron chi connectivity index (χ4n) is 3.39. The molecule has 1 amide bonds. The summed E-state index contributed by atoms with van der Waals surface area (Å²) in [5.41, 5.74) is 4.80. The number of thioether (sulfide) groups is 1. The highest BCUT2D eigenvalue weighted by atomic mass is 32.2. The molecule has 0 bridgehead atoms. The predicted octanol–water partition coefficient (Wildman–Crippen LogP) is 4.01. The Morgan fingerprint density at radius 2 is 2.04 bits per heavy atom. The third-order valence-corrected chi connectivity index (χ3v) is 5.64. The molecule has 1 aromatic heterocycles. The molecular weight excluding hydrogens is 358 g/mol. The van der Waals surface area contributed by atoms with Gasteiger partial charge in [-0.1, -0.05) is 12.1 Å². The third-order valence-electron chi connectivity index (χ3n) is 4.90. The molecule has 0 saturated heterocycles. The van der Waals surface area contributed by atoms with Crippen LogP contribution in [0.1, 0.15) is 21.6 Å². The Labute approximate surface area is 162 Å². The van der Waals surface area contributed by atoms with Gasteiger partial charge in [0.15, 0.2) is 0 Å². The van der Waals surface area contributed by atoms with Crippen LogP contribution in [-0.4, -0.2) is 40.9 Å². The number of nitrogens with zero attached hydrogens (tertiary/aromatic N) is 2. The molecule has 0 aliphatic carbocycles. The molecule has 6 heteroatoms. The van der Waals surface area contributed by atoms with Gasteiger partial charge in [-0.05, 0) is 42.7 Å². The van der Waals surface area contributed by atoms with Gasteiger partial charge in [-0.3, -0.25) is 9.89 Å². The molecule has 138 valence electrons. The number of fused-ring (bicyclic) bond motifs is 1. The van der Waals surface area contributed by atoms with Crippen LogP contribution in [0.4, 0.5) is 0 Å². The lowest BCUT2D eigenvalue weighted by Crippen LogP contribution is -2.35. The Balaban J connectivity index is 1.60. The summed E-state index contributed by atoms with van der Waals surface area (Å²) in [7, 11) is 1.65. The van der Waals surface area contributed by atoms with E-state index in [2.05, 4.69) is 10.2 Å². The summed E-state index contributed by atoms with van der Waals surface area (Å²) in [6.45, 7) is 1.25. The number of aromatic nitrogens is 2. The number of nitrogens with one attached hydrogen (secondary N) is 1. The number of aromatic amines is 1. The van der Waals surface area contributed by atoms with E-state index in [1.54, 1.807) is 18.9 Å². The van der Waals surface area contributed by atoms with Gasteiger partial charge < -0.3 is 9.64 Å². The molecule has 3 aromatic rings. The zero-order valence-corrected chi connectivity index (χ0v) is 16.2. The minimum atomic E-state index is 0.0612. The monoisotopic (exact) mass is 379 g/mol. The van der Waals surface area contributed by atoms with Crippen LogP contribution in [0.3, 0.4) is 0 Å². The second-order valence-corrected chi connectivity index (χ2v) is 7.35. The maximum absolute atomic E-state index is 12.9. The molecule has 1 N–H and O–H groups in total. The Bertz CT molecular complexity index is 966. The topological polar surface area (TPSA) is 58.2 Å². The van der Waals surface area contributed by atoms with E-state index in [0.29, 0.717) is 13.1 Å². The molecule has 27 heavy (non-hydrogen) atoms. The summed E-state index contributed by atoms with van der Waals surface area (Å²) < 4.78 is 5.33. The van der Waals surface area contributed by atoms with Gasteiger partial charge in [0.05, 0.1) is 12.8 Å². The van der Waals surface area contributed by atoms with Crippen LogP contribution in [0, 0.1) is 0 Å². The maximum atomic E-state index is 12.9. The van der Waals surface area contributed by atoms with Gasteiger partial charge in [0.2, 0.25) is 0 Å². The van der Waals surface area contributed by atoms with E-state index in [1.807, 2.05) is 59.7 Å². The lowest BCUT2D eigenvalue weighted by molar-refractivity contribution is 0.0734. The van der Waals surface area contributed by atoms with Gasteiger partial charge in [0, 0.05) is 46.8 Å². The van der Waals surface area contributed by atoms with E-state index < -0.39 is 0 Å². The van der Waals surface area contributed by atoms with E-state index >= 15 is 0 Å². The largest absolute Gasteiger partial charge is 0.497 e. The van der Waals surface area contributed by atoms with E-state index in [0.717, 1.165) is 45.1 Å². The van der Waals surface area contributed by atoms with Crippen LogP contribution in [0.15, 0.2) is 53.4 Å². The molecule has 2 heterocycles. The normalized spacial score (nSPS) is 13.3. The Hall–Kier alpha value is -2.73. The van der Waals surface area contributed by atoms with Crippen molar-refractivity contribution in [1.29, 1.82) is 0 Å². The second-order valence-electron chi connectivity index (χ2n) is 6.47. The highest BCUT2D eigenvalue weighted by molar-refractivity contribution is 7.98. The van der Waals surface area contributed by atoms with Crippen molar-refractivity contribution >= 4 is 17.7 Å². The number of hydrogen-bond acceptors (Lipinski definition) is 4. The zero-order chi connectivity index (χ0) is 18.8. The fraction of sp³-hybridized carbons (Fsp3) is 0.238. The molecule has 0 radical (unpaired) electrons. The number of hydrogen-bond donors (Lipinski definition) is 1. The first-order valence-electron chi connectivity index (χ1n) is 8.83. The van der Waals surface area contributed by atoms with E-state index in [9.17, 15) is 4.79 Å². The Morgan fingerprint density at radius 3 is 2.78 bits per heavy atom. The van der Waals surface area contributed by atoms with Crippen LogP contribution in [0.5, 0.6) is 5.75 Å². The number of benzene rings is 2. The molecule has 5 nitrogen and oxygen atoms in total. The standard InChI is InChI=1S/C21H21N3O2S/c1-26-16-5-3-4-15(12-16)20-18-13-24(11-10-19(18)22-23-20)21(25)14-6-8-17(27-2)9-7-14/h3-9,12H,10-11,13H2,1-2H3,(H,22,23). The first-order chi connectivity index (χ1) is 13.2. The van der Waals surface area contributed by atoms with Gasteiger partial charge in [-0.2, -0.15) is 5.10 Å². The van der Waals surface area contributed by atoms with Gasteiger partial charge >= 0.3 is 0 Å². The molecule has 2 aromatic carbocycles. The number of carbonyl (C=O) groups excluding carboxylic acids is 1. The Kier molecular flexibility index (Phi) is 4.90. The molecule has 1 aliphatic heterocycles. The molecule has 0 fully saturated rings. The van der Waals surface area contributed by atoms with Crippen molar-refractivity contribution in [1.82, 2.24) is 15.1 Å². The quantitative estimate of drug-likeness (QED) is 0.696. The van der Waals surface area contributed by atoms with Gasteiger partial charge in [0.1, 0.15) is 5.75 Å². The van der Waals surface area contributed by atoms with E-state index in [1.165, 1.54) is 0 Å². The molecule has 1 aliphatic rings. The van der Waals surface area contributed by atoms with Crippen LogP contribution in [-0.2, 0) is 13.0 Å². The van der Waals surface area contributed by atoms with Gasteiger partial charge in [0.25, 0.3) is 5.91 Å². The number of ether oxygens (including phenoxy) is 1. The van der Waals surface area contributed by atoms with Crippen molar-refractivity contribution in [2.45, 2.75) is 17.9 Å². The first kappa shape index (κ1) is 17.7. The Morgan fingerprint density at radius 1 is 1.22 bits per heavy atom. The SMILES string of the molecule is COc1cccc(-c2n[nH]c3c2CN(C(=O)c2ccc(SC)cc2)CC3)c1. The van der Waals surface area contributed by atoms with Crippen molar-refractivity contribution in [3.05, 3.63) is 65.4 Å². The summed E-state index contributed by atoms with van der Waals surface area (Å²) in [5.74, 6) is 0.855. The molecule has 0 unspecified atom stereocenters. The molecule has 0 spiro atoms. The molecule has 4 rings (SSSR count). The number of carbonyl (C=O) groups is 1. The first-order valence-corrected chi connectivity index (χ1v) is 10.1. The molecule has 0 atom stereocenters. The van der Waals surface area contributed by atoms with E-state index in [-0.39, 0.29) is 5.91 Å². The summed E-state index contributed by atoms with van der Waals surface area (Å²) >= 11 is 1.67. The maximum Gasteiger partial charge on any atom is 0.254 e. The average Bonchev–Trinajstić information content (AvgIpc) is 3.16. The van der Waals surface area contributed by atoms with Crippen LogP contribution in [0.25, 0.3) is 11.3 Å². The van der Waals surface area contributed by atoms with Crippen molar-refractivity contribution in [2.75, 3.05) is 19.9 Å². The summed E-state index contributed by atoms with van der Waals surface area (Å²) in [6, 6.07) is 15.6. The summed E-state index contributed by atoms with van der Waals surface area (Å²) in [6.07, 6.45) is 2.81. The van der Waals surface area contributed by atoms with Crippen LogP contribution in [0.2, 0.25) is 0 Å². The van der Waals surface area contributed by atoms with Crippen molar-refractivity contribution in [3.63, 3.8) is 0 Å². The van der Waals surface area contributed by atoms with E-state index in [4.69, 9.17) is 4.74 Å². The van der Waals surface area contributed by atoms with Crippen LogP contribution < -0.4 is 4.74 Å². The number of amides is 1. The minimum absolute atomic E-state index is 0.0612. The summed E-state index contributed by atoms with van der Waals surface area (Å²) in [5, 5.41) is 7.66. The minimum Gasteiger partial charge on any atom is -0.497 e. The highest BCUT2D eigenvalue weighted by Crippen LogP contribution is 2.31. The highest BCUT2D eigenvalue weighted by Gasteiger charge is 2.26. The van der Waals surface area contributed by atoms with Crippen molar-refractivity contribution in [3.8, 4) is 17.0 Å². The lowest BCUT2D eigenvalue weighted by Gasteiger charge is -2.27. The number of H-pyrrole nitrogens is 1. The van der Waals surface area contributed by atoms with Gasteiger partial charge in [-0.25, -0.2) is 0 Å². The third kappa shape index (κ3) is 3.45. The van der Waals surface area contributed by atoms with Gasteiger partial charge in [-0.15, -0.1) is 11.8 Å². The van der Waals surface area contributed by atoms with Crippen molar-refractivity contribution < 1.29 is 9.53 Å². The molecular formula is C21H21N3O2S. The second kappa shape index (κ2) is 7.48. The number of rotatable bonds is 4. The average molecular weight is 379 g/mol. The zero-order valence-electron chi connectivity index (χ0n) is 15.4. The lowest BCUT2D eigenvalue weighted by atomic mass is 10.00. The predicted molar refractivity (Wildman–Crippen MR) is 107 cm³/mol. The summed E-state index contributed by atoms with van der Waals surface area (Å²) in [4.78, 5) is 16.0. The van der Waals surface area contributed by atoms with Crippen molar-refractivity contribution in [2.24, 2.45) is 0 Å². The smallest absolute Gasteiger partial charge is 0.254 e.